The highest BCUT2D eigenvalue weighted by Gasteiger charge is 2.42. The molecule has 0 aliphatic carbocycles. The Kier molecular flexibility index (Phi) is 5.92. The predicted octanol–water partition coefficient (Wildman–Crippen LogP) is 4.24. The van der Waals surface area contributed by atoms with Gasteiger partial charge in [-0.25, -0.2) is 0 Å². The number of hydrogen-bond donors (Lipinski definition) is 0. The SMILES string of the molecule is C=S1C(SCSC#N)=NC(CC)(CC)C1Br. The average Bonchev–Trinajstić information content (AvgIpc) is 2.55. The minimum atomic E-state index is -0.0711. The molecule has 1 aliphatic rings. The molecule has 0 aromatic carbocycles. The summed E-state index contributed by atoms with van der Waals surface area (Å²) in [5.74, 6) is 4.21. The molecular formula is C10H15BrN2S3. The first kappa shape index (κ1) is 14.6. The fourth-order valence-corrected chi connectivity index (χ4v) is 7.05. The van der Waals surface area contributed by atoms with Gasteiger partial charge in [0, 0.05) is 0 Å². The topological polar surface area (TPSA) is 36.1 Å². The maximum absolute atomic E-state index is 8.49. The highest BCUT2D eigenvalue weighted by atomic mass is 79.9. The van der Waals surface area contributed by atoms with Gasteiger partial charge in [-0.05, 0) is 24.6 Å². The van der Waals surface area contributed by atoms with E-state index in [0.29, 0.717) is 4.16 Å². The summed E-state index contributed by atoms with van der Waals surface area (Å²) in [6.45, 7) is 4.35. The molecule has 0 fully saturated rings. The van der Waals surface area contributed by atoms with E-state index in [1.165, 1.54) is 11.8 Å². The Morgan fingerprint density at radius 3 is 2.69 bits per heavy atom. The van der Waals surface area contributed by atoms with Crippen LogP contribution < -0.4 is 0 Å². The zero-order valence-corrected chi connectivity index (χ0v) is 13.4. The van der Waals surface area contributed by atoms with Crippen molar-refractivity contribution in [1.82, 2.24) is 0 Å². The number of thioether (sulfide) groups is 2. The van der Waals surface area contributed by atoms with Gasteiger partial charge in [-0.1, -0.05) is 47.4 Å². The third-order valence-corrected chi connectivity index (χ3v) is 8.83. The first-order valence-corrected chi connectivity index (χ1v) is 9.36. The van der Waals surface area contributed by atoms with Crippen molar-refractivity contribution in [2.75, 3.05) is 5.08 Å². The molecular weight excluding hydrogens is 324 g/mol. The van der Waals surface area contributed by atoms with E-state index in [1.807, 2.05) is 0 Å². The highest BCUT2D eigenvalue weighted by molar-refractivity contribution is 9.12. The monoisotopic (exact) mass is 338 g/mol. The van der Waals surface area contributed by atoms with Crippen LogP contribution in [0.25, 0.3) is 0 Å². The number of aliphatic imine (C=N–C) groups is 1. The lowest BCUT2D eigenvalue weighted by atomic mass is 9.97. The van der Waals surface area contributed by atoms with Crippen LogP contribution in [0.3, 0.4) is 0 Å². The summed E-state index contributed by atoms with van der Waals surface area (Å²) in [5.41, 5.74) is 0.0184. The molecule has 16 heavy (non-hydrogen) atoms. The third-order valence-electron chi connectivity index (χ3n) is 2.74. The largest absolute Gasteiger partial charge is 0.263 e. The molecule has 0 radical (unpaired) electrons. The molecule has 0 amide bonds. The molecule has 2 nitrogen and oxygen atoms in total. The molecule has 0 N–H and O–H groups in total. The van der Waals surface area contributed by atoms with E-state index in [-0.39, 0.29) is 16.0 Å². The minimum absolute atomic E-state index is 0.0184. The van der Waals surface area contributed by atoms with Crippen molar-refractivity contribution in [3.8, 4) is 5.40 Å². The van der Waals surface area contributed by atoms with Crippen LogP contribution >= 0.6 is 49.9 Å². The van der Waals surface area contributed by atoms with Gasteiger partial charge in [-0.3, -0.25) is 4.99 Å². The molecule has 2 atom stereocenters. The lowest BCUT2D eigenvalue weighted by Gasteiger charge is -2.26. The smallest absolute Gasteiger partial charge is 0.134 e. The quantitative estimate of drug-likeness (QED) is 0.253. The van der Waals surface area contributed by atoms with Crippen LogP contribution in [0.4, 0.5) is 0 Å². The van der Waals surface area contributed by atoms with Gasteiger partial charge in [0.15, 0.2) is 0 Å². The zero-order valence-electron chi connectivity index (χ0n) is 9.40. The Morgan fingerprint density at radius 1 is 1.62 bits per heavy atom. The van der Waals surface area contributed by atoms with Crippen LogP contribution in [0.15, 0.2) is 4.99 Å². The first-order valence-electron chi connectivity index (χ1n) is 5.01. The van der Waals surface area contributed by atoms with E-state index in [9.17, 15) is 0 Å². The van der Waals surface area contributed by atoms with Crippen LogP contribution in [-0.4, -0.2) is 25.0 Å². The Labute approximate surface area is 117 Å². The summed E-state index contributed by atoms with van der Waals surface area (Å²) < 4.78 is 1.47. The number of hydrogen-bond acceptors (Lipinski definition) is 4. The van der Waals surface area contributed by atoms with Gasteiger partial charge in [0.2, 0.25) is 0 Å². The fourth-order valence-electron chi connectivity index (χ4n) is 1.59. The van der Waals surface area contributed by atoms with Crippen molar-refractivity contribution in [2.24, 2.45) is 4.99 Å². The Hall–Kier alpha value is 0.560. The second-order valence-electron chi connectivity index (χ2n) is 3.43. The van der Waals surface area contributed by atoms with Crippen molar-refractivity contribution >= 4 is 60.2 Å². The van der Waals surface area contributed by atoms with Crippen LogP contribution in [0, 0.1) is 10.7 Å². The maximum atomic E-state index is 8.49. The summed E-state index contributed by atoms with van der Waals surface area (Å²) >= 11 is 6.67. The summed E-state index contributed by atoms with van der Waals surface area (Å²) in [4.78, 5) is 4.85. The molecule has 0 aromatic rings. The second-order valence-corrected chi connectivity index (χ2v) is 9.02. The van der Waals surface area contributed by atoms with Crippen molar-refractivity contribution < 1.29 is 0 Å². The van der Waals surface area contributed by atoms with Crippen molar-refractivity contribution in [3.63, 3.8) is 0 Å². The second kappa shape index (κ2) is 6.48. The van der Waals surface area contributed by atoms with Gasteiger partial charge >= 0.3 is 0 Å². The standard InChI is InChI=1S/C10H15BrN2S3/c1-4-10(5-2)8(11)16(3)9(13-10)15-7-14-6-12/h8H,3-5,7H2,1-2H3. The summed E-state index contributed by atoms with van der Waals surface area (Å²) in [6, 6.07) is 0. The van der Waals surface area contributed by atoms with E-state index >= 15 is 0 Å². The molecule has 90 valence electrons. The van der Waals surface area contributed by atoms with Gasteiger partial charge < -0.3 is 0 Å². The normalized spacial score (nSPS) is 27.5. The fraction of sp³-hybridized carbons (Fsp3) is 0.700. The van der Waals surface area contributed by atoms with Gasteiger partial charge in [-0.15, -0.1) is 10.5 Å². The Bertz CT molecular complexity index is 344. The molecule has 0 bridgehead atoms. The number of rotatable bonds is 4. The van der Waals surface area contributed by atoms with E-state index in [4.69, 9.17) is 10.3 Å². The van der Waals surface area contributed by atoms with Crippen LogP contribution in [0.5, 0.6) is 0 Å². The lowest BCUT2D eigenvalue weighted by Crippen LogP contribution is -2.30. The Balaban J connectivity index is 2.78. The van der Waals surface area contributed by atoms with E-state index < -0.39 is 0 Å². The molecule has 6 heteroatoms. The van der Waals surface area contributed by atoms with Gasteiger partial charge in [0.25, 0.3) is 0 Å². The van der Waals surface area contributed by atoms with Crippen molar-refractivity contribution in [2.45, 2.75) is 36.4 Å². The van der Waals surface area contributed by atoms with Gasteiger partial charge in [0.1, 0.15) is 9.78 Å². The Morgan fingerprint density at radius 2 is 2.25 bits per heavy atom. The van der Waals surface area contributed by atoms with Crippen molar-refractivity contribution in [1.29, 1.82) is 5.26 Å². The molecule has 0 saturated heterocycles. The third kappa shape index (κ3) is 2.87. The number of nitriles is 1. The van der Waals surface area contributed by atoms with Gasteiger partial charge in [-0.2, -0.15) is 5.26 Å². The van der Waals surface area contributed by atoms with Crippen LogP contribution in [0.1, 0.15) is 26.7 Å². The number of halogens is 1. The van der Waals surface area contributed by atoms with E-state index in [0.717, 1.165) is 22.3 Å². The van der Waals surface area contributed by atoms with Crippen LogP contribution in [0.2, 0.25) is 0 Å². The highest BCUT2D eigenvalue weighted by Crippen LogP contribution is 2.49. The average molecular weight is 339 g/mol. The molecule has 1 heterocycles. The predicted molar refractivity (Wildman–Crippen MR) is 83.8 cm³/mol. The molecule has 0 spiro atoms. The first-order chi connectivity index (χ1) is 7.61. The minimum Gasteiger partial charge on any atom is -0.263 e. The molecule has 2 unspecified atom stereocenters. The number of nitrogens with zero attached hydrogens (tertiary/aromatic N) is 2. The molecule has 1 aliphatic heterocycles. The zero-order chi connectivity index (χ0) is 12.2. The van der Waals surface area contributed by atoms with Gasteiger partial charge in [0.05, 0.1) is 14.8 Å². The number of thiocyanates is 1. The molecule has 0 saturated carbocycles. The lowest BCUT2D eigenvalue weighted by molar-refractivity contribution is 0.444. The molecule has 0 aromatic heterocycles. The summed E-state index contributed by atoms with van der Waals surface area (Å²) in [6.07, 6.45) is 2.07. The summed E-state index contributed by atoms with van der Waals surface area (Å²) in [7, 11) is -0.0711. The maximum Gasteiger partial charge on any atom is 0.134 e. The molecule has 1 rings (SSSR count). The number of alkyl halides is 1. The summed E-state index contributed by atoms with van der Waals surface area (Å²) in [5, 5.41) is 11.3. The van der Waals surface area contributed by atoms with E-state index in [1.54, 1.807) is 11.8 Å². The van der Waals surface area contributed by atoms with Crippen LogP contribution in [-0.2, 0) is 0 Å². The van der Waals surface area contributed by atoms with Crippen molar-refractivity contribution in [3.05, 3.63) is 0 Å². The van der Waals surface area contributed by atoms with E-state index in [2.05, 4.69) is 41.0 Å².